The Balaban J connectivity index is 1.28. The number of carboxylic acids is 1. The average Bonchev–Trinajstić information content (AvgIpc) is 3.41. The van der Waals surface area contributed by atoms with Crippen LogP contribution in [-0.2, 0) is 30.4 Å². The first-order chi connectivity index (χ1) is 19.6. The lowest BCUT2D eigenvalue weighted by atomic mass is 9.45. The first-order valence-corrected chi connectivity index (χ1v) is 16.4. The van der Waals surface area contributed by atoms with Gasteiger partial charge in [0.05, 0.1) is 49.7 Å². The van der Waals surface area contributed by atoms with Gasteiger partial charge < -0.3 is 25.1 Å². The summed E-state index contributed by atoms with van der Waals surface area (Å²) in [5.74, 6) is -0.439. The largest absolute Gasteiger partial charge is 0.481 e. The molecule has 0 spiro atoms. The van der Waals surface area contributed by atoms with Gasteiger partial charge in [0.15, 0.2) is 5.78 Å². The molecule has 1 aromatic heterocycles. The molecule has 6 rings (SSSR count). The molecule has 9 heteroatoms. The van der Waals surface area contributed by atoms with Gasteiger partial charge in [0.25, 0.3) is 0 Å². The zero-order chi connectivity index (χ0) is 29.1. The van der Waals surface area contributed by atoms with Gasteiger partial charge in [-0.05, 0) is 81.1 Å². The van der Waals surface area contributed by atoms with Crippen LogP contribution in [0.25, 0.3) is 0 Å². The number of methoxy groups -OCH3 is 1. The van der Waals surface area contributed by atoms with E-state index in [1.807, 2.05) is 18.4 Å². The highest BCUT2D eigenvalue weighted by Crippen LogP contribution is 2.64. The summed E-state index contributed by atoms with van der Waals surface area (Å²) in [4.78, 5) is 31.2. The molecule has 0 radical (unpaired) electrons. The molecule has 1 aromatic rings. The maximum Gasteiger partial charge on any atom is 0.307 e. The van der Waals surface area contributed by atoms with E-state index in [9.17, 15) is 14.7 Å². The minimum atomic E-state index is -0.797. The smallest absolute Gasteiger partial charge is 0.307 e. The number of hydrogen-bond acceptors (Lipinski definition) is 8. The Kier molecular flexibility index (Phi) is 8.22. The third-order valence-electron chi connectivity index (χ3n) is 11.1. The van der Waals surface area contributed by atoms with Crippen molar-refractivity contribution in [2.75, 3.05) is 20.3 Å². The fourth-order valence-electron chi connectivity index (χ4n) is 9.65. The summed E-state index contributed by atoms with van der Waals surface area (Å²) in [5.41, 5.74) is 7.86. The minimum absolute atomic E-state index is 0.0278. The van der Waals surface area contributed by atoms with E-state index in [1.54, 1.807) is 18.4 Å². The third-order valence-corrected chi connectivity index (χ3v) is 12.2. The lowest BCUT2D eigenvalue weighted by Gasteiger charge is -2.63. The molecule has 3 N–H and O–H groups in total. The van der Waals surface area contributed by atoms with E-state index in [0.29, 0.717) is 31.7 Å². The second kappa shape index (κ2) is 11.5. The van der Waals surface area contributed by atoms with Gasteiger partial charge in [-0.3, -0.25) is 9.59 Å². The lowest BCUT2D eigenvalue weighted by Crippen LogP contribution is -2.64. The summed E-state index contributed by atoms with van der Waals surface area (Å²) in [6, 6.07) is -0.0974. The van der Waals surface area contributed by atoms with Crippen molar-refractivity contribution in [2.24, 2.45) is 58.5 Å². The molecule has 0 amide bonds. The maximum atomic E-state index is 13.9. The van der Waals surface area contributed by atoms with Crippen LogP contribution in [0.1, 0.15) is 76.0 Å². The number of ether oxygens (including phenoxy) is 3. The van der Waals surface area contributed by atoms with E-state index >= 15 is 0 Å². The summed E-state index contributed by atoms with van der Waals surface area (Å²) in [6.07, 6.45) is 7.13. The highest BCUT2D eigenvalue weighted by Gasteiger charge is 2.63. The molecule has 1 aliphatic heterocycles. The summed E-state index contributed by atoms with van der Waals surface area (Å²) in [6.45, 7) is 7.85. The van der Waals surface area contributed by atoms with Crippen molar-refractivity contribution in [3.8, 4) is 0 Å². The first kappa shape index (κ1) is 29.4. The van der Waals surface area contributed by atoms with Gasteiger partial charge in [-0.15, -0.1) is 11.3 Å². The highest BCUT2D eigenvalue weighted by atomic mass is 32.1. The normalized spacial score (nSPS) is 40.8. The number of aromatic nitrogens is 1. The van der Waals surface area contributed by atoms with E-state index in [1.165, 1.54) is 5.57 Å². The Morgan fingerprint density at radius 2 is 2.05 bits per heavy atom. The van der Waals surface area contributed by atoms with Crippen molar-refractivity contribution < 1.29 is 28.9 Å². The number of nitrogens with two attached hydrogens (primary N) is 1. The van der Waals surface area contributed by atoms with Crippen LogP contribution in [0.4, 0.5) is 0 Å². The molecule has 4 aliphatic carbocycles. The summed E-state index contributed by atoms with van der Waals surface area (Å²) in [7, 11) is 1.76. The van der Waals surface area contributed by atoms with E-state index in [0.717, 1.165) is 49.2 Å². The lowest BCUT2D eigenvalue weighted by molar-refractivity contribution is -0.223. The SMILES string of the molecule is CO[C@@H]1C[C@]23COCC(C2CCC2C3=CC(=O)C3C2CCC(CC(C)C)C3C(=O)O)[C@H]1OCc1csc([C@H](C)N)n1. The molecule has 2 heterocycles. The third kappa shape index (κ3) is 5.03. The van der Waals surface area contributed by atoms with Crippen LogP contribution in [-0.4, -0.2) is 54.4 Å². The summed E-state index contributed by atoms with van der Waals surface area (Å²) >= 11 is 1.56. The van der Waals surface area contributed by atoms with Crippen LogP contribution in [0.3, 0.4) is 0 Å². The number of ketones is 1. The van der Waals surface area contributed by atoms with Crippen molar-refractivity contribution >= 4 is 23.1 Å². The van der Waals surface area contributed by atoms with Crippen molar-refractivity contribution in [3.63, 3.8) is 0 Å². The van der Waals surface area contributed by atoms with Crippen molar-refractivity contribution in [1.82, 2.24) is 4.98 Å². The van der Waals surface area contributed by atoms with E-state index < -0.39 is 17.8 Å². The number of hydrogen-bond donors (Lipinski definition) is 2. The molecule has 5 aliphatic rings. The number of carboxylic acid groups (broad SMARTS) is 1. The predicted molar refractivity (Wildman–Crippen MR) is 155 cm³/mol. The molecule has 11 atom stereocenters. The van der Waals surface area contributed by atoms with Crippen LogP contribution < -0.4 is 5.73 Å². The van der Waals surface area contributed by atoms with Gasteiger partial charge in [0.1, 0.15) is 5.01 Å². The molecule has 4 fully saturated rings. The molecular weight excluding hydrogens is 540 g/mol. The fraction of sp³-hybridized carbons (Fsp3) is 0.781. The topological polar surface area (TPSA) is 121 Å². The Morgan fingerprint density at radius 3 is 2.73 bits per heavy atom. The van der Waals surface area contributed by atoms with Gasteiger partial charge in [-0.1, -0.05) is 19.4 Å². The quantitative estimate of drug-likeness (QED) is 0.436. The Hall–Kier alpha value is -1.65. The second-order valence-corrected chi connectivity index (χ2v) is 14.8. The van der Waals surface area contributed by atoms with Gasteiger partial charge in [-0.25, -0.2) is 4.98 Å². The molecule has 3 saturated carbocycles. The van der Waals surface area contributed by atoms with E-state index in [4.69, 9.17) is 19.9 Å². The fourth-order valence-corrected chi connectivity index (χ4v) is 10.4. The molecule has 1 saturated heterocycles. The van der Waals surface area contributed by atoms with Crippen molar-refractivity contribution in [2.45, 2.75) is 84.2 Å². The number of fused-ring (bicyclic) bond motifs is 3. The molecule has 226 valence electrons. The van der Waals surface area contributed by atoms with Crippen molar-refractivity contribution in [1.29, 1.82) is 0 Å². The van der Waals surface area contributed by atoms with E-state index in [-0.39, 0.29) is 53.1 Å². The van der Waals surface area contributed by atoms with Crippen molar-refractivity contribution in [3.05, 3.63) is 27.7 Å². The molecule has 2 bridgehead atoms. The Morgan fingerprint density at radius 1 is 1.24 bits per heavy atom. The molecule has 8 nitrogen and oxygen atoms in total. The zero-order valence-electron chi connectivity index (χ0n) is 24.8. The van der Waals surface area contributed by atoms with Gasteiger partial charge >= 0.3 is 5.97 Å². The predicted octanol–water partition coefficient (Wildman–Crippen LogP) is 5.02. The summed E-state index contributed by atoms with van der Waals surface area (Å²) in [5, 5.41) is 13.3. The molecule has 7 unspecified atom stereocenters. The van der Waals surface area contributed by atoms with Gasteiger partial charge in [0, 0.05) is 29.7 Å². The Bertz CT molecular complexity index is 1180. The number of carbonyl (C=O) groups is 2. The molecule has 41 heavy (non-hydrogen) atoms. The highest BCUT2D eigenvalue weighted by molar-refractivity contribution is 7.09. The van der Waals surface area contributed by atoms with Gasteiger partial charge in [0.2, 0.25) is 0 Å². The van der Waals surface area contributed by atoms with Crippen LogP contribution >= 0.6 is 11.3 Å². The number of rotatable bonds is 8. The average molecular weight is 587 g/mol. The standard InChI is InChI=1S/C32H46N2O6S/c1-16(2)9-18-5-6-21-20-7-8-23-22-13-39-15-32(23,24(20)10-25(35)28(21)27(18)31(36)37)11-26(38-4)29(22)40-12-19-14-41-30(34-19)17(3)33/h10,14,16-18,20-23,26-29H,5-9,11-13,15,33H2,1-4H3,(H,36,37)/t17-,18?,20?,21?,22?,23?,26+,27?,28?,29+,32-/m0/s1. The maximum absolute atomic E-state index is 13.9. The van der Waals surface area contributed by atoms with Gasteiger partial charge in [-0.2, -0.15) is 0 Å². The second-order valence-electron chi connectivity index (χ2n) is 13.9. The Labute approximate surface area is 247 Å². The number of thiazole rings is 1. The number of aliphatic carboxylic acids is 1. The number of carbonyl (C=O) groups excluding carboxylic acids is 1. The molecule has 0 aromatic carbocycles. The number of nitrogens with zero attached hydrogens (tertiary/aromatic N) is 1. The summed E-state index contributed by atoms with van der Waals surface area (Å²) < 4.78 is 19.0. The van der Waals surface area contributed by atoms with E-state index in [2.05, 4.69) is 18.8 Å². The first-order valence-electron chi connectivity index (χ1n) is 15.5. The monoisotopic (exact) mass is 586 g/mol. The zero-order valence-corrected chi connectivity index (χ0v) is 25.6. The number of allylic oxidation sites excluding steroid dienone is 1. The van der Waals surface area contributed by atoms with Crippen LogP contribution in [0, 0.1) is 52.8 Å². The van der Waals surface area contributed by atoms with Crippen LogP contribution in [0.5, 0.6) is 0 Å². The van der Waals surface area contributed by atoms with Crippen LogP contribution in [0.2, 0.25) is 0 Å². The minimum Gasteiger partial charge on any atom is -0.481 e. The molecular formula is C32H46N2O6S. The van der Waals surface area contributed by atoms with Crippen LogP contribution in [0.15, 0.2) is 17.0 Å².